The van der Waals surface area contributed by atoms with E-state index in [4.69, 9.17) is 9.15 Å². The number of ether oxygens (including phenoxy) is 1. The average Bonchev–Trinajstić information content (AvgIpc) is 3.42. The van der Waals surface area contributed by atoms with Crippen molar-refractivity contribution in [2.75, 3.05) is 0 Å². The first-order valence-corrected chi connectivity index (χ1v) is 9.17. The van der Waals surface area contributed by atoms with Gasteiger partial charge in [-0.05, 0) is 49.6 Å². The second-order valence-corrected chi connectivity index (χ2v) is 6.79. The number of esters is 1. The Morgan fingerprint density at radius 1 is 1.25 bits per heavy atom. The molecule has 0 spiro atoms. The number of thiophene rings is 1. The summed E-state index contributed by atoms with van der Waals surface area (Å²) in [6, 6.07) is 9.42. The fourth-order valence-corrected chi connectivity index (χ4v) is 3.11. The molecule has 3 heterocycles. The lowest BCUT2D eigenvalue weighted by Gasteiger charge is -2.07. The SMILES string of the molecule is Cc1nc(C(=O)OC(C)c2nnc(-c3cccs3)o2)nn1-c1ccc(F)cc1. The van der Waals surface area contributed by atoms with Crippen LogP contribution in [0.25, 0.3) is 16.5 Å². The summed E-state index contributed by atoms with van der Waals surface area (Å²) >= 11 is 1.46. The number of aryl methyl sites for hydroxylation is 1. The summed E-state index contributed by atoms with van der Waals surface area (Å²) in [4.78, 5) is 17.4. The van der Waals surface area contributed by atoms with Gasteiger partial charge < -0.3 is 9.15 Å². The zero-order valence-electron chi connectivity index (χ0n) is 14.9. The molecule has 8 nitrogen and oxygen atoms in total. The normalized spacial score (nSPS) is 12.1. The van der Waals surface area contributed by atoms with Crippen LogP contribution in [0.15, 0.2) is 46.2 Å². The van der Waals surface area contributed by atoms with Gasteiger partial charge in [0.15, 0.2) is 6.10 Å². The van der Waals surface area contributed by atoms with Crippen LogP contribution in [0.5, 0.6) is 0 Å². The smallest absolute Gasteiger partial charge is 0.379 e. The molecule has 3 aromatic heterocycles. The minimum atomic E-state index is -0.771. The summed E-state index contributed by atoms with van der Waals surface area (Å²) < 4.78 is 25.4. The molecule has 4 aromatic rings. The highest BCUT2D eigenvalue weighted by Gasteiger charge is 2.23. The predicted octanol–water partition coefficient (Wildman–Crippen LogP) is 3.74. The Bertz CT molecular complexity index is 1100. The lowest BCUT2D eigenvalue weighted by atomic mass is 10.3. The minimum absolute atomic E-state index is 0.119. The highest BCUT2D eigenvalue weighted by molar-refractivity contribution is 7.13. The number of carbonyl (C=O) groups is 1. The van der Waals surface area contributed by atoms with Gasteiger partial charge in [-0.3, -0.25) is 0 Å². The first-order valence-electron chi connectivity index (χ1n) is 8.29. The molecule has 1 aromatic carbocycles. The number of rotatable bonds is 5. The Labute approximate surface area is 162 Å². The second-order valence-electron chi connectivity index (χ2n) is 5.84. The van der Waals surface area contributed by atoms with Crippen LogP contribution < -0.4 is 0 Å². The Balaban J connectivity index is 1.49. The highest BCUT2D eigenvalue weighted by atomic mass is 32.1. The molecule has 0 fully saturated rings. The molecular formula is C18H14FN5O3S. The number of nitrogens with zero attached hydrogens (tertiary/aromatic N) is 5. The predicted molar refractivity (Wildman–Crippen MR) is 97.5 cm³/mol. The number of hydrogen-bond acceptors (Lipinski definition) is 8. The highest BCUT2D eigenvalue weighted by Crippen LogP contribution is 2.26. The van der Waals surface area contributed by atoms with Crippen molar-refractivity contribution < 1.29 is 18.3 Å². The molecule has 0 N–H and O–H groups in total. The standard InChI is InChI=1S/C18H14FN5O3S/c1-10(16-21-22-17(27-16)14-4-3-9-28-14)26-18(25)15-20-11(2)24(23-15)13-7-5-12(19)6-8-13/h3-10H,1-2H3. The lowest BCUT2D eigenvalue weighted by Crippen LogP contribution is -2.11. The molecule has 1 unspecified atom stereocenters. The first-order chi connectivity index (χ1) is 13.5. The molecule has 0 aliphatic carbocycles. The topological polar surface area (TPSA) is 95.9 Å². The zero-order chi connectivity index (χ0) is 19.7. The van der Waals surface area contributed by atoms with E-state index in [1.54, 1.807) is 26.0 Å². The van der Waals surface area contributed by atoms with Crippen molar-refractivity contribution in [2.24, 2.45) is 0 Å². The summed E-state index contributed by atoms with van der Waals surface area (Å²) in [5, 5.41) is 13.9. The van der Waals surface area contributed by atoms with Gasteiger partial charge in [-0.15, -0.1) is 26.6 Å². The van der Waals surface area contributed by atoms with Crippen molar-refractivity contribution in [3.8, 4) is 16.5 Å². The van der Waals surface area contributed by atoms with Crippen LogP contribution in [0.2, 0.25) is 0 Å². The third-order valence-corrected chi connectivity index (χ3v) is 4.68. The van der Waals surface area contributed by atoms with Gasteiger partial charge in [0, 0.05) is 0 Å². The summed E-state index contributed by atoms with van der Waals surface area (Å²) in [7, 11) is 0. The van der Waals surface area contributed by atoms with E-state index in [2.05, 4.69) is 20.3 Å². The first kappa shape index (κ1) is 18.0. The van der Waals surface area contributed by atoms with Crippen molar-refractivity contribution in [1.29, 1.82) is 0 Å². The van der Waals surface area contributed by atoms with Crippen LogP contribution in [-0.4, -0.2) is 30.9 Å². The van der Waals surface area contributed by atoms with Crippen molar-refractivity contribution in [3.05, 3.63) is 65.1 Å². The maximum atomic E-state index is 13.1. The van der Waals surface area contributed by atoms with E-state index in [1.165, 1.54) is 28.2 Å². The molecule has 1 atom stereocenters. The van der Waals surface area contributed by atoms with E-state index in [9.17, 15) is 9.18 Å². The fourth-order valence-electron chi connectivity index (χ4n) is 2.47. The quantitative estimate of drug-likeness (QED) is 0.472. The summed E-state index contributed by atoms with van der Waals surface area (Å²) in [5.74, 6) is -0.215. The molecule has 0 aliphatic heterocycles. The summed E-state index contributed by atoms with van der Waals surface area (Å²) in [5.41, 5.74) is 0.580. The van der Waals surface area contributed by atoms with Gasteiger partial charge in [-0.2, -0.15) is 0 Å². The van der Waals surface area contributed by atoms with Crippen LogP contribution in [-0.2, 0) is 4.74 Å². The Kier molecular flexibility index (Phi) is 4.70. The van der Waals surface area contributed by atoms with E-state index in [0.717, 1.165) is 4.88 Å². The van der Waals surface area contributed by atoms with E-state index in [-0.39, 0.29) is 17.5 Å². The maximum absolute atomic E-state index is 13.1. The van der Waals surface area contributed by atoms with E-state index in [0.29, 0.717) is 17.4 Å². The van der Waals surface area contributed by atoms with Gasteiger partial charge in [0.1, 0.15) is 11.6 Å². The molecule has 28 heavy (non-hydrogen) atoms. The summed E-state index contributed by atoms with van der Waals surface area (Å²) in [6.45, 7) is 3.30. The third-order valence-electron chi connectivity index (χ3n) is 3.83. The molecule has 0 radical (unpaired) electrons. The number of hydrogen-bond donors (Lipinski definition) is 0. The van der Waals surface area contributed by atoms with Crippen LogP contribution in [0.3, 0.4) is 0 Å². The molecule has 142 valence electrons. The van der Waals surface area contributed by atoms with E-state index in [1.807, 2.05) is 17.5 Å². The van der Waals surface area contributed by atoms with Crippen LogP contribution in [0, 0.1) is 12.7 Å². The van der Waals surface area contributed by atoms with Crippen molar-refractivity contribution in [3.63, 3.8) is 0 Å². The molecule has 0 amide bonds. The second kappa shape index (κ2) is 7.31. The molecule has 0 saturated heterocycles. The Hall–Kier alpha value is -3.40. The van der Waals surface area contributed by atoms with E-state index >= 15 is 0 Å². The average molecular weight is 399 g/mol. The van der Waals surface area contributed by atoms with E-state index < -0.39 is 12.1 Å². The summed E-state index contributed by atoms with van der Waals surface area (Å²) in [6.07, 6.45) is -0.771. The molecular weight excluding hydrogens is 385 g/mol. The van der Waals surface area contributed by atoms with Crippen molar-refractivity contribution in [2.45, 2.75) is 20.0 Å². The molecule has 0 bridgehead atoms. The van der Waals surface area contributed by atoms with Crippen molar-refractivity contribution >= 4 is 17.3 Å². The third kappa shape index (κ3) is 3.54. The fraction of sp³-hybridized carbons (Fsp3) is 0.167. The number of aromatic nitrogens is 5. The molecule has 4 rings (SSSR count). The van der Waals surface area contributed by atoms with Gasteiger partial charge in [0.25, 0.3) is 17.6 Å². The van der Waals surface area contributed by atoms with Crippen LogP contribution >= 0.6 is 11.3 Å². The molecule has 0 aliphatic rings. The number of carbonyl (C=O) groups excluding carboxylic acids is 1. The zero-order valence-corrected chi connectivity index (χ0v) is 15.7. The number of halogens is 1. The largest absolute Gasteiger partial charge is 0.447 e. The van der Waals surface area contributed by atoms with Gasteiger partial charge in [-0.25, -0.2) is 18.9 Å². The molecule has 0 saturated carbocycles. The minimum Gasteiger partial charge on any atom is -0.447 e. The van der Waals surface area contributed by atoms with Crippen molar-refractivity contribution in [1.82, 2.24) is 25.0 Å². The number of benzene rings is 1. The van der Waals surface area contributed by atoms with Gasteiger partial charge in [0.05, 0.1) is 10.6 Å². The van der Waals surface area contributed by atoms with Gasteiger partial charge in [0.2, 0.25) is 0 Å². The Morgan fingerprint density at radius 3 is 2.75 bits per heavy atom. The van der Waals surface area contributed by atoms with Gasteiger partial charge >= 0.3 is 5.97 Å². The molecule has 10 heteroatoms. The Morgan fingerprint density at radius 2 is 2.04 bits per heavy atom. The van der Waals surface area contributed by atoms with Crippen LogP contribution in [0.1, 0.15) is 35.4 Å². The van der Waals surface area contributed by atoms with Gasteiger partial charge in [-0.1, -0.05) is 6.07 Å². The van der Waals surface area contributed by atoms with Crippen LogP contribution in [0.4, 0.5) is 4.39 Å². The lowest BCUT2D eigenvalue weighted by molar-refractivity contribution is 0.0265. The monoisotopic (exact) mass is 399 g/mol. The maximum Gasteiger partial charge on any atom is 0.379 e.